The van der Waals surface area contributed by atoms with Crippen molar-refractivity contribution in [2.75, 3.05) is 46.6 Å². The zero-order chi connectivity index (χ0) is 16.8. The van der Waals surface area contributed by atoms with E-state index in [0.29, 0.717) is 5.92 Å². The van der Waals surface area contributed by atoms with Gasteiger partial charge in [0, 0.05) is 46.6 Å². The van der Waals surface area contributed by atoms with E-state index in [1.807, 2.05) is 7.05 Å². The number of halogens is 1. The first-order chi connectivity index (χ1) is 11.2. The Labute approximate surface area is 165 Å². The molecule has 2 N–H and O–H groups in total. The molecule has 1 fully saturated rings. The Kier molecular flexibility index (Phi) is 16.3. The van der Waals surface area contributed by atoms with Gasteiger partial charge in [-0.1, -0.05) is 26.7 Å². The molecule has 1 saturated heterocycles. The fraction of sp³-hybridized carbons (Fsp3) is 0.944. The average molecular weight is 455 g/mol. The SMILES string of the molecule is CN=C(NCCCCC(C)C)NCCCOCC1CCOCC1.I. The first kappa shape index (κ1) is 23.9. The van der Waals surface area contributed by atoms with Crippen LogP contribution in [0, 0.1) is 11.8 Å². The Hall–Kier alpha value is -0.0800. The zero-order valence-corrected chi connectivity index (χ0v) is 18.1. The third-order valence-electron chi connectivity index (χ3n) is 4.18. The molecule has 24 heavy (non-hydrogen) atoms. The Morgan fingerprint density at radius 2 is 1.79 bits per heavy atom. The van der Waals surface area contributed by atoms with Gasteiger partial charge < -0.3 is 20.1 Å². The number of nitrogens with zero attached hydrogens (tertiary/aromatic N) is 1. The highest BCUT2D eigenvalue weighted by Crippen LogP contribution is 2.14. The van der Waals surface area contributed by atoms with Gasteiger partial charge in [-0.3, -0.25) is 4.99 Å². The highest BCUT2D eigenvalue weighted by atomic mass is 127. The molecule has 1 aliphatic heterocycles. The third-order valence-corrected chi connectivity index (χ3v) is 4.18. The van der Waals surface area contributed by atoms with Crippen LogP contribution in [0.1, 0.15) is 52.4 Å². The van der Waals surface area contributed by atoms with Crippen molar-refractivity contribution in [3.8, 4) is 0 Å². The van der Waals surface area contributed by atoms with Gasteiger partial charge in [-0.15, -0.1) is 24.0 Å². The standard InChI is InChI=1S/C18H37N3O2.HI/c1-16(2)7-4-5-10-20-18(19-3)21-11-6-12-23-15-17-8-13-22-14-9-17;/h16-17H,4-15H2,1-3H3,(H2,19,20,21);1H. The number of hydrogen-bond donors (Lipinski definition) is 2. The maximum absolute atomic E-state index is 5.77. The van der Waals surface area contributed by atoms with Gasteiger partial charge in [0.25, 0.3) is 0 Å². The van der Waals surface area contributed by atoms with Crippen molar-refractivity contribution >= 4 is 29.9 Å². The van der Waals surface area contributed by atoms with Crippen LogP contribution in [0.15, 0.2) is 4.99 Å². The number of nitrogens with one attached hydrogen (secondary N) is 2. The normalized spacial score (nSPS) is 16.1. The predicted molar refractivity (Wildman–Crippen MR) is 112 cm³/mol. The summed E-state index contributed by atoms with van der Waals surface area (Å²) in [4.78, 5) is 4.25. The second-order valence-corrected chi connectivity index (χ2v) is 6.80. The molecular formula is C18H38IN3O2. The number of unbranched alkanes of at least 4 members (excludes halogenated alkanes) is 1. The summed E-state index contributed by atoms with van der Waals surface area (Å²) in [5.74, 6) is 2.39. The van der Waals surface area contributed by atoms with Crippen molar-refractivity contribution in [2.24, 2.45) is 16.8 Å². The van der Waals surface area contributed by atoms with Gasteiger partial charge in [-0.2, -0.15) is 0 Å². The zero-order valence-electron chi connectivity index (χ0n) is 15.8. The number of rotatable bonds is 11. The van der Waals surface area contributed by atoms with E-state index in [1.54, 1.807) is 0 Å². The number of hydrogen-bond acceptors (Lipinski definition) is 3. The summed E-state index contributed by atoms with van der Waals surface area (Å²) in [5.41, 5.74) is 0. The van der Waals surface area contributed by atoms with Crippen molar-refractivity contribution in [1.29, 1.82) is 0 Å². The van der Waals surface area contributed by atoms with Gasteiger partial charge >= 0.3 is 0 Å². The van der Waals surface area contributed by atoms with E-state index < -0.39 is 0 Å². The van der Waals surface area contributed by atoms with E-state index in [0.717, 1.165) is 70.7 Å². The van der Waals surface area contributed by atoms with Crippen LogP contribution in [0.2, 0.25) is 0 Å². The fourth-order valence-electron chi connectivity index (χ4n) is 2.65. The number of aliphatic imine (C=N–C) groups is 1. The average Bonchev–Trinajstić information content (AvgIpc) is 2.56. The number of ether oxygens (including phenoxy) is 2. The van der Waals surface area contributed by atoms with Gasteiger partial charge in [0.2, 0.25) is 0 Å². The van der Waals surface area contributed by atoms with E-state index in [4.69, 9.17) is 9.47 Å². The lowest BCUT2D eigenvalue weighted by molar-refractivity contribution is 0.0203. The molecule has 1 rings (SSSR count). The summed E-state index contributed by atoms with van der Waals surface area (Å²) < 4.78 is 11.1. The van der Waals surface area contributed by atoms with Crippen LogP contribution in [0.3, 0.4) is 0 Å². The summed E-state index contributed by atoms with van der Waals surface area (Å²) >= 11 is 0. The largest absolute Gasteiger partial charge is 0.381 e. The Bertz CT molecular complexity index is 309. The molecule has 144 valence electrons. The Morgan fingerprint density at radius 1 is 1.12 bits per heavy atom. The van der Waals surface area contributed by atoms with Gasteiger partial charge in [-0.25, -0.2) is 0 Å². The number of guanidine groups is 1. The lowest BCUT2D eigenvalue weighted by Crippen LogP contribution is -2.38. The molecule has 0 saturated carbocycles. The quantitative estimate of drug-likeness (QED) is 0.217. The minimum atomic E-state index is 0. The molecule has 1 aliphatic rings. The van der Waals surface area contributed by atoms with Crippen LogP contribution < -0.4 is 10.6 Å². The molecule has 0 aromatic rings. The second kappa shape index (κ2) is 16.4. The van der Waals surface area contributed by atoms with Crippen molar-refractivity contribution in [2.45, 2.75) is 52.4 Å². The molecule has 0 atom stereocenters. The first-order valence-corrected chi connectivity index (χ1v) is 9.32. The van der Waals surface area contributed by atoms with Crippen LogP contribution in [-0.4, -0.2) is 52.5 Å². The summed E-state index contributed by atoms with van der Waals surface area (Å²) in [5, 5.41) is 6.72. The van der Waals surface area contributed by atoms with Crippen molar-refractivity contribution in [3.05, 3.63) is 0 Å². The smallest absolute Gasteiger partial charge is 0.190 e. The summed E-state index contributed by atoms with van der Waals surface area (Å²) in [6, 6.07) is 0. The van der Waals surface area contributed by atoms with Gasteiger partial charge in [0.15, 0.2) is 5.96 Å². The van der Waals surface area contributed by atoms with Crippen molar-refractivity contribution in [3.63, 3.8) is 0 Å². The molecule has 0 amide bonds. The Balaban J connectivity index is 0.00000529. The highest BCUT2D eigenvalue weighted by molar-refractivity contribution is 14.0. The van der Waals surface area contributed by atoms with Crippen LogP contribution in [0.4, 0.5) is 0 Å². The molecule has 0 aliphatic carbocycles. The summed E-state index contributed by atoms with van der Waals surface area (Å²) in [6.07, 6.45) is 7.08. The topological polar surface area (TPSA) is 54.9 Å². The maximum atomic E-state index is 5.77. The van der Waals surface area contributed by atoms with Crippen LogP contribution in [-0.2, 0) is 9.47 Å². The molecule has 5 nitrogen and oxygen atoms in total. The molecule has 0 unspecified atom stereocenters. The lowest BCUT2D eigenvalue weighted by atomic mass is 10.0. The highest BCUT2D eigenvalue weighted by Gasteiger charge is 2.13. The first-order valence-electron chi connectivity index (χ1n) is 9.32. The molecular weight excluding hydrogens is 417 g/mol. The van der Waals surface area contributed by atoms with E-state index in [-0.39, 0.29) is 24.0 Å². The molecule has 0 aromatic heterocycles. The van der Waals surface area contributed by atoms with Crippen LogP contribution in [0.5, 0.6) is 0 Å². The van der Waals surface area contributed by atoms with Gasteiger partial charge in [0.05, 0.1) is 0 Å². The van der Waals surface area contributed by atoms with Crippen LogP contribution >= 0.6 is 24.0 Å². The lowest BCUT2D eigenvalue weighted by Gasteiger charge is -2.21. The van der Waals surface area contributed by atoms with E-state index in [1.165, 1.54) is 19.3 Å². The van der Waals surface area contributed by atoms with E-state index in [2.05, 4.69) is 29.5 Å². The monoisotopic (exact) mass is 455 g/mol. The Morgan fingerprint density at radius 3 is 2.42 bits per heavy atom. The molecule has 1 heterocycles. The fourth-order valence-corrected chi connectivity index (χ4v) is 2.65. The summed E-state index contributed by atoms with van der Waals surface area (Å²) in [7, 11) is 1.82. The minimum absolute atomic E-state index is 0. The molecule has 6 heteroatoms. The molecule has 0 spiro atoms. The van der Waals surface area contributed by atoms with E-state index >= 15 is 0 Å². The predicted octanol–water partition coefficient (Wildman–Crippen LogP) is 3.43. The minimum Gasteiger partial charge on any atom is -0.381 e. The van der Waals surface area contributed by atoms with Crippen molar-refractivity contribution < 1.29 is 9.47 Å². The van der Waals surface area contributed by atoms with Gasteiger partial charge in [0.1, 0.15) is 0 Å². The molecule has 0 aromatic carbocycles. The van der Waals surface area contributed by atoms with E-state index in [9.17, 15) is 0 Å². The molecule has 0 bridgehead atoms. The van der Waals surface area contributed by atoms with Gasteiger partial charge in [-0.05, 0) is 37.5 Å². The summed E-state index contributed by atoms with van der Waals surface area (Å²) in [6.45, 7) is 9.94. The molecule has 0 radical (unpaired) electrons. The maximum Gasteiger partial charge on any atom is 0.190 e. The van der Waals surface area contributed by atoms with Crippen LogP contribution in [0.25, 0.3) is 0 Å². The van der Waals surface area contributed by atoms with Crippen molar-refractivity contribution in [1.82, 2.24) is 10.6 Å². The third kappa shape index (κ3) is 13.2. The second-order valence-electron chi connectivity index (χ2n) is 6.80.